The minimum absolute atomic E-state index is 0.365. The summed E-state index contributed by atoms with van der Waals surface area (Å²) in [7, 11) is -0.423. The van der Waals surface area contributed by atoms with E-state index in [1.807, 2.05) is 64.1 Å². The van der Waals surface area contributed by atoms with Gasteiger partial charge in [-0.05, 0) is 51.5 Å². The second kappa shape index (κ2) is 5.98. The van der Waals surface area contributed by atoms with E-state index < -0.39 is 7.12 Å². The van der Waals surface area contributed by atoms with Crippen molar-refractivity contribution in [3.8, 4) is 5.75 Å². The molecule has 0 bridgehead atoms. The van der Waals surface area contributed by atoms with Crippen molar-refractivity contribution in [1.82, 2.24) is 4.98 Å². The quantitative estimate of drug-likeness (QED) is 0.814. The molecule has 0 saturated carbocycles. The van der Waals surface area contributed by atoms with Crippen molar-refractivity contribution in [2.45, 2.75) is 45.5 Å². The van der Waals surface area contributed by atoms with Crippen LogP contribution in [0.4, 0.5) is 0 Å². The highest BCUT2D eigenvalue weighted by Crippen LogP contribution is 2.37. The summed E-state index contributed by atoms with van der Waals surface area (Å²) in [5.41, 5.74) is 1.26. The maximum absolute atomic E-state index is 6.13. The topological polar surface area (TPSA) is 40.6 Å². The molecule has 0 unspecified atom stereocenters. The van der Waals surface area contributed by atoms with E-state index >= 15 is 0 Å². The third kappa shape index (κ3) is 3.26. The standard InChI is InChI=1S/C18H22BNO3/c1-17(2)18(3,4)23-19(22-17)15-7-5-6-8-16(15)21-13-14-9-11-20-12-10-14/h5-12H,13H2,1-4H3. The molecule has 1 fully saturated rings. The second-order valence-corrected chi connectivity index (χ2v) is 6.77. The molecular weight excluding hydrogens is 289 g/mol. The van der Waals surface area contributed by atoms with Gasteiger partial charge in [0.2, 0.25) is 0 Å². The maximum Gasteiger partial charge on any atom is 0.498 e. The van der Waals surface area contributed by atoms with Crippen molar-refractivity contribution < 1.29 is 14.0 Å². The molecule has 1 aliphatic rings. The van der Waals surface area contributed by atoms with Crippen LogP contribution in [0.1, 0.15) is 33.3 Å². The molecule has 1 aromatic heterocycles. The molecule has 0 radical (unpaired) electrons. The van der Waals surface area contributed by atoms with Crippen molar-refractivity contribution in [3.63, 3.8) is 0 Å². The van der Waals surface area contributed by atoms with Crippen LogP contribution in [0.2, 0.25) is 0 Å². The van der Waals surface area contributed by atoms with Crippen LogP contribution in [-0.2, 0) is 15.9 Å². The first-order valence-electron chi connectivity index (χ1n) is 7.85. The highest BCUT2D eigenvalue weighted by Gasteiger charge is 2.52. The Bertz CT molecular complexity index is 657. The Morgan fingerprint density at radius 3 is 2.22 bits per heavy atom. The van der Waals surface area contributed by atoms with Gasteiger partial charge in [0.25, 0.3) is 0 Å². The first-order chi connectivity index (χ1) is 10.9. The Hall–Kier alpha value is -1.85. The number of rotatable bonds is 4. The minimum atomic E-state index is -0.423. The van der Waals surface area contributed by atoms with Gasteiger partial charge in [-0.2, -0.15) is 0 Å². The van der Waals surface area contributed by atoms with Gasteiger partial charge < -0.3 is 14.0 Å². The van der Waals surface area contributed by atoms with E-state index in [4.69, 9.17) is 14.0 Å². The lowest BCUT2D eigenvalue weighted by Gasteiger charge is -2.32. The fourth-order valence-corrected chi connectivity index (χ4v) is 2.42. The second-order valence-electron chi connectivity index (χ2n) is 6.77. The molecule has 4 nitrogen and oxygen atoms in total. The fraction of sp³-hybridized carbons (Fsp3) is 0.389. The molecule has 1 aliphatic heterocycles. The first kappa shape index (κ1) is 16.0. The van der Waals surface area contributed by atoms with E-state index in [1.54, 1.807) is 12.4 Å². The van der Waals surface area contributed by atoms with Gasteiger partial charge in [-0.25, -0.2) is 0 Å². The molecule has 23 heavy (non-hydrogen) atoms. The molecule has 120 valence electrons. The van der Waals surface area contributed by atoms with Gasteiger partial charge >= 0.3 is 7.12 Å². The average molecular weight is 311 g/mol. The maximum atomic E-state index is 6.13. The number of aromatic nitrogens is 1. The van der Waals surface area contributed by atoms with E-state index in [0.717, 1.165) is 16.8 Å². The molecule has 1 aromatic carbocycles. The van der Waals surface area contributed by atoms with Crippen LogP contribution in [0.15, 0.2) is 48.8 Å². The molecule has 5 heteroatoms. The summed E-state index contributed by atoms with van der Waals surface area (Å²) >= 11 is 0. The van der Waals surface area contributed by atoms with Gasteiger partial charge in [0, 0.05) is 17.9 Å². The van der Waals surface area contributed by atoms with E-state index in [9.17, 15) is 0 Å². The molecule has 2 aromatic rings. The molecule has 0 amide bonds. The Labute approximate surface area is 137 Å². The molecule has 0 N–H and O–H groups in total. The van der Waals surface area contributed by atoms with Gasteiger partial charge in [-0.1, -0.05) is 18.2 Å². The number of pyridine rings is 1. The van der Waals surface area contributed by atoms with Crippen LogP contribution in [0.5, 0.6) is 5.75 Å². The summed E-state index contributed by atoms with van der Waals surface area (Å²) < 4.78 is 18.2. The van der Waals surface area contributed by atoms with Crippen molar-refractivity contribution in [1.29, 1.82) is 0 Å². The monoisotopic (exact) mass is 311 g/mol. The largest absolute Gasteiger partial charge is 0.498 e. The summed E-state index contributed by atoms with van der Waals surface area (Å²) in [6.07, 6.45) is 3.53. The van der Waals surface area contributed by atoms with Crippen molar-refractivity contribution in [3.05, 3.63) is 54.4 Å². The first-order valence-corrected chi connectivity index (χ1v) is 7.85. The van der Waals surface area contributed by atoms with Gasteiger partial charge in [0.15, 0.2) is 0 Å². The SMILES string of the molecule is CC1(C)OB(c2ccccc2OCc2ccncc2)OC1(C)C. The highest BCUT2D eigenvalue weighted by atomic mass is 16.7. The molecule has 1 saturated heterocycles. The van der Waals surface area contributed by atoms with Crippen LogP contribution in [0.3, 0.4) is 0 Å². The third-order valence-corrected chi connectivity index (χ3v) is 4.57. The predicted molar refractivity (Wildman–Crippen MR) is 90.7 cm³/mol. The van der Waals surface area contributed by atoms with Crippen molar-refractivity contribution >= 4 is 12.6 Å². The number of hydrogen-bond acceptors (Lipinski definition) is 4. The summed E-state index contributed by atoms with van der Waals surface area (Å²) in [6.45, 7) is 8.68. The number of para-hydroxylation sites is 1. The van der Waals surface area contributed by atoms with Crippen LogP contribution < -0.4 is 10.2 Å². The number of ether oxygens (including phenoxy) is 1. The number of hydrogen-bond donors (Lipinski definition) is 0. The zero-order valence-corrected chi connectivity index (χ0v) is 14.1. The molecule has 3 rings (SSSR count). The lowest BCUT2D eigenvalue weighted by molar-refractivity contribution is 0.00578. The molecular formula is C18H22BNO3. The van der Waals surface area contributed by atoms with Crippen molar-refractivity contribution in [2.75, 3.05) is 0 Å². The van der Waals surface area contributed by atoms with E-state index in [-0.39, 0.29) is 11.2 Å². The number of benzene rings is 1. The van der Waals surface area contributed by atoms with E-state index in [1.165, 1.54) is 0 Å². The highest BCUT2D eigenvalue weighted by molar-refractivity contribution is 6.63. The van der Waals surface area contributed by atoms with Crippen LogP contribution in [0, 0.1) is 0 Å². The molecule has 2 heterocycles. The van der Waals surface area contributed by atoms with Crippen molar-refractivity contribution in [2.24, 2.45) is 0 Å². The van der Waals surface area contributed by atoms with E-state index in [0.29, 0.717) is 6.61 Å². The lowest BCUT2D eigenvalue weighted by atomic mass is 9.78. The van der Waals surface area contributed by atoms with Gasteiger partial charge in [-0.3, -0.25) is 4.98 Å². The van der Waals surface area contributed by atoms with E-state index in [2.05, 4.69) is 4.98 Å². The lowest BCUT2D eigenvalue weighted by Crippen LogP contribution is -2.41. The van der Waals surface area contributed by atoms with Gasteiger partial charge in [0.1, 0.15) is 12.4 Å². The normalized spacial score (nSPS) is 18.9. The summed E-state index contributed by atoms with van der Waals surface area (Å²) in [5.74, 6) is 0.780. The number of nitrogens with zero attached hydrogens (tertiary/aromatic N) is 1. The minimum Gasteiger partial charge on any atom is -0.489 e. The average Bonchev–Trinajstić information content (AvgIpc) is 2.75. The fourth-order valence-electron chi connectivity index (χ4n) is 2.42. The van der Waals surface area contributed by atoms with Gasteiger partial charge in [0.05, 0.1) is 11.2 Å². The molecule has 0 atom stereocenters. The summed E-state index contributed by atoms with van der Waals surface area (Å²) in [6, 6.07) is 11.7. The summed E-state index contributed by atoms with van der Waals surface area (Å²) in [4.78, 5) is 4.02. The third-order valence-electron chi connectivity index (χ3n) is 4.57. The summed E-state index contributed by atoms with van der Waals surface area (Å²) in [5, 5.41) is 0. The van der Waals surface area contributed by atoms with Gasteiger partial charge in [-0.15, -0.1) is 0 Å². The zero-order chi connectivity index (χ0) is 16.5. The molecule has 0 spiro atoms. The smallest absolute Gasteiger partial charge is 0.489 e. The Kier molecular flexibility index (Phi) is 4.17. The Morgan fingerprint density at radius 1 is 0.957 bits per heavy atom. The van der Waals surface area contributed by atoms with Crippen LogP contribution >= 0.6 is 0 Å². The van der Waals surface area contributed by atoms with Crippen LogP contribution in [0.25, 0.3) is 0 Å². The Morgan fingerprint density at radius 2 is 1.57 bits per heavy atom. The zero-order valence-electron chi connectivity index (χ0n) is 14.1. The predicted octanol–water partition coefficient (Wildman–Crippen LogP) is 2.96. The molecule has 0 aliphatic carbocycles. The van der Waals surface area contributed by atoms with Crippen LogP contribution in [-0.4, -0.2) is 23.3 Å². The Balaban J connectivity index is 1.79.